The zero-order valence-electron chi connectivity index (χ0n) is 7.49. The fourth-order valence-electron chi connectivity index (χ4n) is 1.31. The second-order valence-corrected chi connectivity index (χ2v) is 2.87. The average molecular weight is 181 g/mol. The summed E-state index contributed by atoms with van der Waals surface area (Å²) < 4.78 is 4.82. The molecular weight excluding hydrogens is 170 g/mol. The summed E-state index contributed by atoms with van der Waals surface area (Å²) >= 11 is 0. The highest BCUT2D eigenvalue weighted by Crippen LogP contribution is 2.27. The van der Waals surface area contributed by atoms with Gasteiger partial charge in [0.25, 0.3) is 0 Å². The molecule has 13 heavy (non-hydrogen) atoms. The summed E-state index contributed by atoms with van der Waals surface area (Å²) in [4.78, 5) is 13.2. The molecule has 70 valence electrons. The molecule has 5 heteroatoms. The summed E-state index contributed by atoms with van der Waals surface area (Å²) in [5.41, 5.74) is 9.93. The third kappa shape index (κ3) is 2.80. The molecule has 0 spiro atoms. The topological polar surface area (TPSA) is 75.1 Å². The summed E-state index contributed by atoms with van der Waals surface area (Å²) in [6.45, 7) is 1.63. The number of hydrogen-bond donors (Lipinski definition) is 0. The van der Waals surface area contributed by atoms with Gasteiger partial charge in [-0.25, -0.2) is 0 Å². The summed E-state index contributed by atoms with van der Waals surface area (Å²) in [6.07, 6.45) is 2.63. The molecule has 0 unspecified atom stereocenters. The molecule has 0 atom stereocenters. The van der Waals surface area contributed by atoms with E-state index in [-0.39, 0.29) is 12.6 Å². The highest BCUT2D eigenvalue weighted by molar-refractivity contribution is 5.66. The molecule has 1 aliphatic rings. The lowest BCUT2D eigenvalue weighted by Crippen LogP contribution is -2.02. The van der Waals surface area contributed by atoms with Crippen LogP contribution in [0.1, 0.15) is 26.2 Å². The van der Waals surface area contributed by atoms with Gasteiger partial charge in [-0.05, 0) is 30.4 Å². The molecule has 0 saturated carbocycles. The predicted molar refractivity (Wildman–Crippen MR) is 46.7 cm³/mol. The van der Waals surface area contributed by atoms with Crippen LogP contribution in [0.4, 0.5) is 0 Å². The van der Waals surface area contributed by atoms with E-state index < -0.39 is 0 Å². The van der Waals surface area contributed by atoms with Gasteiger partial charge in [0.05, 0.1) is 0 Å². The number of esters is 1. The Morgan fingerprint density at radius 2 is 2.46 bits per heavy atom. The van der Waals surface area contributed by atoms with E-state index in [4.69, 9.17) is 10.3 Å². The number of allylic oxidation sites excluding steroid dienone is 1. The van der Waals surface area contributed by atoms with Gasteiger partial charge in [-0.3, -0.25) is 4.79 Å². The van der Waals surface area contributed by atoms with Crippen molar-refractivity contribution in [3.05, 3.63) is 21.7 Å². The van der Waals surface area contributed by atoms with Crippen LogP contribution in [0, 0.1) is 0 Å². The molecule has 0 aromatic heterocycles. The number of azide groups is 1. The van der Waals surface area contributed by atoms with Crippen molar-refractivity contribution >= 4 is 5.97 Å². The lowest BCUT2D eigenvalue weighted by atomic mass is 10.2. The maximum Gasteiger partial charge on any atom is 0.302 e. The Morgan fingerprint density at radius 1 is 1.69 bits per heavy atom. The minimum Gasteiger partial charge on any atom is -0.461 e. The number of rotatable bonds is 3. The van der Waals surface area contributed by atoms with Crippen molar-refractivity contribution in [2.45, 2.75) is 26.2 Å². The van der Waals surface area contributed by atoms with Crippen LogP contribution in [0.15, 0.2) is 16.4 Å². The van der Waals surface area contributed by atoms with E-state index in [2.05, 4.69) is 10.0 Å². The van der Waals surface area contributed by atoms with Gasteiger partial charge in [0.1, 0.15) is 6.61 Å². The van der Waals surface area contributed by atoms with E-state index in [9.17, 15) is 4.79 Å². The van der Waals surface area contributed by atoms with E-state index in [0.29, 0.717) is 0 Å². The first-order valence-corrected chi connectivity index (χ1v) is 4.13. The summed E-state index contributed by atoms with van der Waals surface area (Å²) in [5.74, 6) is -0.306. The van der Waals surface area contributed by atoms with Crippen LogP contribution in [0.3, 0.4) is 0 Å². The van der Waals surface area contributed by atoms with Crippen molar-refractivity contribution in [1.82, 2.24) is 0 Å². The van der Waals surface area contributed by atoms with Gasteiger partial charge >= 0.3 is 5.97 Å². The fourth-order valence-corrected chi connectivity index (χ4v) is 1.31. The second kappa shape index (κ2) is 4.52. The molecule has 0 aromatic carbocycles. The minimum absolute atomic E-state index is 0.268. The lowest BCUT2D eigenvalue weighted by Gasteiger charge is -2.02. The van der Waals surface area contributed by atoms with Gasteiger partial charge in [0.2, 0.25) is 0 Å². The molecule has 0 bridgehead atoms. The second-order valence-electron chi connectivity index (χ2n) is 2.87. The van der Waals surface area contributed by atoms with E-state index in [1.807, 2.05) is 0 Å². The van der Waals surface area contributed by atoms with Crippen molar-refractivity contribution < 1.29 is 9.53 Å². The van der Waals surface area contributed by atoms with E-state index in [1.54, 1.807) is 0 Å². The first-order valence-electron chi connectivity index (χ1n) is 4.13. The monoisotopic (exact) mass is 181 g/mol. The van der Waals surface area contributed by atoms with Crippen LogP contribution in [0.25, 0.3) is 10.4 Å². The van der Waals surface area contributed by atoms with Crippen LogP contribution >= 0.6 is 0 Å². The van der Waals surface area contributed by atoms with Gasteiger partial charge < -0.3 is 4.74 Å². The summed E-state index contributed by atoms with van der Waals surface area (Å²) in [5, 5.41) is 3.55. The summed E-state index contributed by atoms with van der Waals surface area (Å²) in [6, 6.07) is 0. The Bertz CT molecular complexity index is 290. The van der Waals surface area contributed by atoms with Crippen molar-refractivity contribution in [2.75, 3.05) is 6.61 Å². The molecule has 0 fully saturated rings. The predicted octanol–water partition coefficient (Wildman–Crippen LogP) is 2.30. The molecule has 0 heterocycles. The molecule has 0 radical (unpaired) electrons. The maximum absolute atomic E-state index is 10.5. The van der Waals surface area contributed by atoms with Crippen LogP contribution < -0.4 is 0 Å². The molecule has 0 saturated heterocycles. The Kier molecular flexibility index (Phi) is 3.34. The Morgan fingerprint density at radius 3 is 3.08 bits per heavy atom. The van der Waals surface area contributed by atoms with E-state index in [1.165, 1.54) is 6.92 Å². The van der Waals surface area contributed by atoms with Gasteiger partial charge in [-0.2, -0.15) is 0 Å². The van der Waals surface area contributed by atoms with Gasteiger partial charge in [-0.1, -0.05) is 5.11 Å². The smallest absolute Gasteiger partial charge is 0.302 e. The van der Waals surface area contributed by atoms with Crippen molar-refractivity contribution in [1.29, 1.82) is 0 Å². The number of ether oxygens (including phenoxy) is 1. The Balaban J connectivity index is 2.59. The van der Waals surface area contributed by atoms with Crippen LogP contribution in [-0.4, -0.2) is 12.6 Å². The molecule has 1 aliphatic carbocycles. The number of carbonyl (C=O) groups is 1. The first kappa shape index (κ1) is 9.61. The van der Waals surface area contributed by atoms with E-state index >= 15 is 0 Å². The quantitative estimate of drug-likeness (QED) is 0.290. The molecule has 1 rings (SSSR count). The normalized spacial score (nSPS) is 15.5. The standard InChI is InChI=1S/C8H11N3O2/c1-6(12)13-5-7-3-2-4-8(7)10-11-9/h2-5H2,1H3. The summed E-state index contributed by atoms with van der Waals surface area (Å²) in [7, 11) is 0. The van der Waals surface area contributed by atoms with Crippen molar-refractivity contribution in [2.24, 2.45) is 5.11 Å². The molecule has 0 N–H and O–H groups in total. The van der Waals surface area contributed by atoms with Crippen LogP contribution in [-0.2, 0) is 9.53 Å². The number of hydrogen-bond acceptors (Lipinski definition) is 3. The maximum atomic E-state index is 10.5. The number of carbonyl (C=O) groups excluding carboxylic acids is 1. The first-order chi connectivity index (χ1) is 6.24. The van der Waals surface area contributed by atoms with Crippen LogP contribution in [0.2, 0.25) is 0 Å². The fraction of sp³-hybridized carbons (Fsp3) is 0.625. The van der Waals surface area contributed by atoms with Crippen molar-refractivity contribution in [3.8, 4) is 0 Å². The van der Waals surface area contributed by atoms with E-state index in [0.717, 1.165) is 30.5 Å². The number of nitrogens with zero attached hydrogens (tertiary/aromatic N) is 3. The molecule has 0 aliphatic heterocycles. The molecule has 0 amide bonds. The highest BCUT2D eigenvalue weighted by atomic mass is 16.5. The third-order valence-electron chi connectivity index (χ3n) is 1.92. The Hall–Kier alpha value is -1.48. The molecule has 5 nitrogen and oxygen atoms in total. The van der Waals surface area contributed by atoms with Crippen LogP contribution in [0.5, 0.6) is 0 Å². The highest BCUT2D eigenvalue weighted by Gasteiger charge is 2.13. The van der Waals surface area contributed by atoms with Gasteiger partial charge in [-0.15, -0.1) is 0 Å². The Labute approximate surface area is 76.0 Å². The minimum atomic E-state index is -0.306. The lowest BCUT2D eigenvalue weighted by molar-refractivity contribution is -0.140. The average Bonchev–Trinajstić information content (AvgIpc) is 2.49. The molecular formula is C8H11N3O2. The van der Waals surface area contributed by atoms with Crippen molar-refractivity contribution in [3.63, 3.8) is 0 Å². The largest absolute Gasteiger partial charge is 0.461 e. The third-order valence-corrected chi connectivity index (χ3v) is 1.92. The zero-order chi connectivity index (χ0) is 9.68. The molecule has 0 aromatic rings. The SMILES string of the molecule is CC(=O)OCC1=C(N=[N+]=[N-])CCC1. The van der Waals surface area contributed by atoms with Gasteiger partial charge in [0, 0.05) is 17.5 Å². The van der Waals surface area contributed by atoms with Gasteiger partial charge in [0.15, 0.2) is 0 Å². The zero-order valence-corrected chi connectivity index (χ0v) is 7.49.